The van der Waals surface area contributed by atoms with E-state index in [-0.39, 0.29) is 24.0 Å². The van der Waals surface area contributed by atoms with Gasteiger partial charge in [0, 0.05) is 45.3 Å². The third kappa shape index (κ3) is 12.8. The number of hydrogen-bond acceptors (Lipinski definition) is 4. The van der Waals surface area contributed by atoms with Crippen LogP contribution in [-0.2, 0) is 4.74 Å². The van der Waals surface area contributed by atoms with Gasteiger partial charge in [-0.05, 0) is 53.6 Å². The first-order chi connectivity index (χ1) is 11.6. The summed E-state index contributed by atoms with van der Waals surface area (Å²) in [5, 5.41) is 6.78. The van der Waals surface area contributed by atoms with Crippen molar-refractivity contribution in [3.63, 3.8) is 0 Å². The largest absolute Gasteiger partial charge is 0.379 e. The summed E-state index contributed by atoms with van der Waals surface area (Å²) in [6.45, 7) is 15.5. The van der Waals surface area contributed by atoms with E-state index in [2.05, 4.69) is 53.2 Å². The van der Waals surface area contributed by atoms with Crippen LogP contribution in [0.15, 0.2) is 4.99 Å². The third-order valence-electron chi connectivity index (χ3n) is 4.46. The zero-order chi connectivity index (χ0) is 17.6. The second kappa shape index (κ2) is 16.1. The topological polar surface area (TPSA) is 52.1 Å². The molecule has 0 unspecified atom stereocenters. The number of ether oxygens (including phenoxy) is 1. The number of guanidine groups is 1. The van der Waals surface area contributed by atoms with Gasteiger partial charge in [0.1, 0.15) is 0 Å². The van der Waals surface area contributed by atoms with Gasteiger partial charge in [-0.2, -0.15) is 0 Å². The molecule has 1 fully saturated rings. The van der Waals surface area contributed by atoms with Gasteiger partial charge < -0.3 is 20.3 Å². The minimum atomic E-state index is 0. The summed E-state index contributed by atoms with van der Waals surface area (Å²) in [6.07, 6.45) is 3.50. The Morgan fingerprint density at radius 3 is 2.52 bits per heavy atom. The third-order valence-corrected chi connectivity index (χ3v) is 4.46. The van der Waals surface area contributed by atoms with E-state index in [0.29, 0.717) is 6.04 Å². The van der Waals surface area contributed by atoms with Crippen molar-refractivity contribution in [3.05, 3.63) is 0 Å². The number of hydrogen-bond donors (Lipinski definition) is 2. The molecule has 0 saturated carbocycles. The van der Waals surface area contributed by atoms with Crippen molar-refractivity contribution < 1.29 is 4.74 Å². The van der Waals surface area contributed by atoms with E-state index in [0.717, 1.165) is 71.4 Å². The molecule has 1 heterocycles. The first-order valence-electron chi connectivity index (χ1n) is 9.66. The maximum absolute atomic E-state index is 5.38. The monoisotopic (exact) mass is 469 g/mol. The van der Waals surface area contributed by atoms with Crippen molar-refractivity contribution >= 4 is 29.9 Å². The smallest absolute Gasteiger partial charge is 0.191 e. The average Bonchev–Trinajstić information content (AvgIpc) is 2.58. The zero-order valence-electron chi connectivity index (χ0n) is 16.7. The molecule has 0 aliphatic carbocycles. The molecule has 6 nitrogen and oxygen atoms in total. The fraction of sp³-hybridized carbons (Fsp3) is 0.944. The number of nitrogens with one attached hydrogen (secondary N) is 2. The second-order valence-corrected chi connectivity index (χ2v) is 6.78. The summed E-state index contributed by atoms with van der Waals surface area (Å²) in [5.41, 5.74) is 0. The SMILES string of the molecule is CCNC(=NCCCN1CCOCC1)NCCCCN(C)C(C)C.I. The molecule has 7 heteroatoms. The summed E-state index contributed by atoms with van der Waals surface area (Å²) in [6, 6.07) is 0.628. The second-order valence-electron chi connectivity index (χ2n) is 6.78. The molecule has 1 rings (SSSR count). The summed E-state index contributed by atoms with van der Waals surface area (Å²) >= 11 is 0. The predicted octanol–water partition coefficient (Wildman–Crippen LogP) is 2.00. The normalized spacial score (nSPS) is 16.2. The van der Waals surface area contributed by atoms with Gasteiger partial charge in [0.2, 0.25) is 0 Å². The van der Waals surface area contributed by atoms with E-state index < -0.39 is 0 Å². The number of aliphatic imine (C=N–C) groups is 1. The Labute approximate surface area is 172 Å². The highest BCUT2D eigenvalue weighted by atomic mass is 127. The molecule has 25 heavy (non-hydrogen) atoms. The maximum Gasteiger partial charge on any atom is 0.191 e. The fourth-order valence-electron chi connectivity index (χ4n) is 2.60. The minimum absolute atomic E-state index is 0. The highest BCUT2D eigenvalue weighted by Gasteiger charge is 2.09. The van der Waals surface area contributed by atoms with E-state index in [1.54, 1.807) is 0 Å². The number of halogens is 1. The lowest BCUT2D eigenvalue weighted by atomic mass is 10.2. The number of rotatable bonds is 11. The Morgan fingerprint density at radius 2 is 1.88 bits per heavy atom. The van der Waals surface area contributed by atoms with E-state index >= 15 is 0 Å². The van der Waals surface area contributed by atoms with Crippen LogP contribution in [0.25, 0.3) is 0 Å². The van der Waals surface area contributed by atoms with Gasteiger partial charge in [-0.25, -0.2) is 0 Å². The first-order valence-corrected chi connectivity index (χ1v) is 9.66. The van der Waals surface area contributed by atoms with Gasteiger partial charge in [0.25, 0.3) is 0 Å². The van der Waals surface area contributed by atoms with E-state index in [4.69, 9.17) is 4.74 Å². The molecule has 0 atom stereocenters. The molecular formula is C18H40IN5O. The highest BCUT2D eigenvalue weighted by molar-refractivity contribution is 14.0. The van der Waals surface area contributed by atoms with Gasteiger partial charge in [-0.3, -0.25) is 9.89 Å². The van der Waals surface area contributed by atoms with Gasteiger partial charge in [-0.15, -0.1) is 24.0 Å². The fourth-order valence-corrected chi connectivity index (χ4v) is 2.60. The number of nitrogens with zero attached hydrogens (tertiary/aromatic N) is 3. The van der Waals surface area contributed by atoms with Gasteiger partial charge in [0.05, 0.1) is 13.2 Å². The van der Waals surface area contributed by atoms with E-state index in [9.17, 15) is 0 Å². The Balaban J connectivity index is 0.00000576. The van der Waals surface area contributed by atoms with Crippen LogP contribution in [0, 0.1) is 0 Å². The number of unbranched alkanes of at least 4 members (excludes halogenated alkanes) is 1. The molecule has 0 spiro atoms. The van der Waals surface area contributed by atoms with E-state index in [1.807, 2.05) is 0 Å². The minimum Gasteiger partial charge on any atom is -0.379 e. The van der Waals surface area contributed by atoms with Crippen LogP contribution in [0.4, 0.5) is 0 Å². The predicted molar refractivity (Wildman–Crippen MR) is 118 cm³/mol. The number of morpholine rings is 1. The molecule has 0 amide bonds. The molecule has 2 N–H and O–H groups in total. The highest BCUT2D eigenvalue weighted by Crippen LogP contribution is 1.99. The van der Waals surface area contributed by atoms with Crippen LogP contribution in [-0.4, -0.2) is 87.9 Å². The van der Waals surface area contributed by atoms with Crippen molar-refractivity contribution in [3.8, 4) is 0 Å². The summed E-state index contributed by atoms with van der Waals surface area (Å²) in [7, 11) is 2.19. The average molecular weight is 469 g/mol. The van der Waals surface area contributed by atoms with Crippen LogP contribution >= 0.6 is 24.0 Å². The molecule has 0 aromatic rings. The van der Waals surface area contributed by atoms with Crippen molar-refractivity contribution in [1.82, 2.24) is 20.4 Å². The lowest BCUT2D eigenvalue weighted by molar-refractivity contribution is 0.0377. The molecule has 150 valence electrons. The lowest BCUT2D eigenvalue weighted by Crippen LogP contribution is -2.39. The maximum atomic E-state index is 5.38. The first kappa shape index (κ1) is 24.9. The molecule has 1 saturated heterocycles. The standard InChI is InChI=1S/C18H39N5O.HI/c1-5-19-18(20-9-6-7-11-22(4)17(2)3)21-10-8-12-23-13-15-24-16-14-23;/h17H,5-16H2,1-4H3,(H2,19,20,21);1H. The van der Waals surface area contributed by atoms with Gasteiger partial charge in [0.15, 0.2) is 5.96 Å². The lowest BCUT2D eigenvalue weighted by Gasteiger charge is -2.26. The van der Waals surface area contributed by atoms with Crippen LogP contribution in [0.5, 0.6) is 0 Å². The Kier molecular flexibility index (Phi) is 16.0. The molecule has 0 radical (unpaired) electrons. The summed E-state index contributed by atoms with van der Waals surface area (Å²) < 4.78 is 5.38. The quantitative estimate of drug-likeness (QED) is 0.210. The molecule has 1 aliphatic rings. The molecular weight excluding hydrogens is 429 g/mol. The van der Waals surface area contributed by atoms with E-state index in [1.165, 1.54) is 12.8 Å². The van der Waals surface area contributed by atoms with Crippen LogP contribution in [0.1, 0.15) is 40.0 Å². The van der Waals surface area contributed by atoms with Crippen LogP contribution < -0.4 is 10.6 Å². The van der Waals surface area contributed by atoms with Crippen molar-refractivity contribution in [2.45, 2.75) is 46.1 Å². The molecule has 0 aromatic heterocycles. The summed E-state index contributed by atoms with van der Waals surface area (Å²) in [4.78, 5) is 9.54. The van der Waals surface area contributed by atoms with Crippen LogP contribution in [0.3, 0.4) is 0 Å². The Morgan fingerprint density at radius 1 is 1.16 bits per heavy atom. The Hall–Kier alpha value is -0.120. The van der Waals surface area contributed by atoms with Crippen LogP contribution in [0.2, 0.25) is 0 Å². The van der Waals surface area contributed by atoms with Gasteiger partial charge >= 0.3 is 0 Å². The van der Waals surface area contributed by atoms with Gasteiger partial charge in [-0.1, -0.05) is 0 Å². The molecule has 1 aliphatic heterocycles. The van der Waals surface area contributed by atoms with Crippen molar-refractivity contribution in [1.29, 1.82) is 0 Å². The summed E-state index contributed by atoms with van der Waals surface area (Å²) in [5.74, 6) is 0.955. The zero-order valence-corrected chi connectivity index (χ0v) is 19.1. The molecule has 0 aromatic carbocycles. The Bertz CT molecular complexity index is 335. The van der Waals surface area contributed by atoms with Crippen molar-refractivity contribution in [2.75, 3.05) is 66.1 Å². The molecule has 0 bridgehead atoms. The van der Waals surface area contributed by atoms with Crippen molar-refractivity contribution in [2.24, 2.45) is 4.99 Å².